The fraction of sp³-hybridized carbons (Fsp3) is 0.320. The second kappa shape index (κ2) is 9.13. The molecule has 8 heteroatoms. The lowest BCUT2D eigenvalue weighted by molar-refractivity contribution is -0.140. The zero-order valence-corrected chi connectivity index (χ0v) is 18.8. The molecule has 0 fully saturated rings. The van der Waals surface area contributed by atoms with Crippen LogP contribution in [0, 0.1) is 25.5 Å². The van der Waals surface area contributed by atoms with Crippen molar-refractivity contribution in [3.05, 3.63) is 76.1 Å². The minimum Gasteiger partial charge on any atom is -0.469 e. The van der Waals surface area contributed by atoms with E-state index in [4.69, 9.17) is 4.74 Å². The van der Waals surface area contributed by atoms with Gasteiger partial charge in [-0.3, -0.25) is 9.59 Å². The average molecular weight is 453 g/mol. The van der Waals surface area contributed by atoms with Gasteiger partial charge in [-0.1, -0.05) is 0 Å². The number of esters is 1. The van der Waals surface area contributed by atoms with Crippen molar-refractivity contribution in [3.8, 4) is 5.69 Å². The van der Waals surface area contributed by atoms with Gasteiger partial charge < -0.3 is 9.64 Å². The van der Waals surface area contributed by atoms with E-state index in [1.54, 1.807) is 28.9 Å². The second-order valence-electron chi connectivity index (χ2n) is 8.13. The molecule has 0 saturated heterocycles. The Morgan fingerprint density at radius 3 is 2.55 bits per heavy atom. The van der Waals surface area contributed by atoms with Crippen LogP contribution >= 0.6 is 0 Å². The van der Waals surface area contributed by atoms with Gasteiger partial charge in [-0.25, -0.2) is 13.5 Å². The van der Waals surface area contributed by atoms with Crippen molar-refractivity contribution in [2.75, 3.05) is 18.6 Å². The van der Waals surface area contributed by atoms with E-state index in [-0.39, 0.29) is 18.3 Å². The number of amides is 1. The monoisotopic (exact) mass is 453 g/mol. The van der Waals surface area contributed by atoms with E-state index >= 15 is 0 Å². The van der Waals surface area contributed by atoms with Crippen molar-refractivity contribution in [2.45, 2.75) is 39.5 Å². The number of ether oxygens (including phenoxy) is 1. The van der Waals surface area contributed by atoms with Crippen LogP contribution in [-0.2, 0) is 22.4 Å². The fourth-order valence-electron chi connectivity index (χ4n) is 4.34. The number of halogens is 2. The lowest BCUT2D eigenvalue weighted by atomic mass is 10.00. The van der Waals surface area contributed by atoms with E-state index in [2.05, 4.69) is 5.10 Å². The van der Waals surface area contributed by atoms with Gasteiger partial charge in [0.15, 0.2) is 0 Å². The van der Waals surface area contributed by atoms with Crippen molar-refractivity contribution < 1.29 is 23.1 Å². The summed E-state index contributed by atoms with van der Waals surface area (Å²) in [5.74, 6) is -1.90. The maximum absolute atomic E-state index is 14.2. The summed E-state index contributed by atoms with van der Waals surface area (Å²) in [4.78, 5) is 26.1. The van der Waals surface area contributed by atoms with Crippen molar-refractivity contribution in [2.24, 2.45) is 0 Å². The minimum absolute atomic E-state index is 0.274. The molecular formula is C25H25F2N3O3. The molecular weight excluding hydrogens is 428 g/mol. The highest BCUT2D eigenvalue weighted by molar-refractivity contribution is 6.06. The van der Waals surface area contributed by atoms with Crippen LogP contribution < -0.4 is 4.90 Å². The Bertz CT molecular complexity index is 1220. The van der Waals surface area contributed by atoms with Gasteiger partial charge in [0.05, 0.1) is 24.2 Å². The molecule has 0 spiro atoms. The zero-order chi connectivity index (χ0) is 23.7. The van der Waals surface area contributed by atoms with Gasteiger partial charge in [0.2, 0.25) is 0 Å². The first-order valence-corrected chi connectivity index (χ1v) is 10.8. The third-order valence-corrected chi connectivity index (χ3v) is 6.09. The Kier molecular flexibility index (Phi) is 6.26. The first-order chi connectivity index (χ1) is 15.8. The molecule has 0 atom stereocenters. The average Bonchev–Trinajstić information content (AvgIpc) is 3.09. The molecule has 1 aromatic heterocycles. The number of rotatable bonds is 5. The Morgan fingerprint density at radius 2 is 1.85 bits per heavy atom. The number of hydrogen-bond donors (Lipinski definition) is 0. The third kappa shape index (κ3) is 4.37. The van der Waals surface area contributed by atoms with Crippen LogP contribution in [0.15, 0.2) is 36.4 Å². The predicted octanol–water partition coefficient (Wildman–Crippen LogP) is 4.47. The van der Waals surface area contributed by atoms with Gasteiger partial charge in [-0.15, -0.1) is 0 Å². The number of methoxy groups -OCH3 is 1. The van der Waals surface area contributed by atoms with Gasteiger partial charge in [-0.2, -0.15) is 5.10 Å². The molecule has 6 nitrogen and oxygen atoms in total. The number of hydrogen-bond acceptors (Lipinski definition) is 4. The molecule has 172 valence electrons. The van der Waals surface area contributed by atoms with E-state index in [1.807, 2.05) is 13.8 Å². The number of fused-ring (bicyclic) bond motifs is 1. The zero-order valence-electron chi connectivity index (χ0n) is 18.8. The molecule has 0 aliphatic carbocycles. The van der Waals surface area contributed by atoms with Crippen LogP contribution in [0.2, 0.25) is 0 Å². The molecule has 3 aromatic rings. The molecule has 1 amide bonds. The molecule has 0 N–H and O–H groups in total. The third-order valence-electron chi connectivity index (χ3n) is 6.09. The van der Waals surface area contributed by atoms with Crippen LogP contribution in [0.3, 0.4) is 0 Å². The van der Waals surface area contributed by atoms with Crippen molar-refractivity contribution in [3.63, 3.8) is 0 Å². The summed E-state index contributed by atoms with van der Waals surface area (Å²) in [7, 11) is 1.36. The van der Waals surface area contributed by atoms with Crippen molar-refractivity contribution in [1.29, 1.82) is 0 Å². The Morgan fingerprint density at radius 1 is 1.12 bits per heavy atom. The second-order valence-corrected chi connectivity index (χ2v) is 8.13. The Hall–Kier alpha value is -3.55. The summed E-state index contributed by atoms with van der Waals surface area (Å²) in [5, 5.41) is 4.58. The predicted molar refractivity (Wildman–Crippen MR) is 120 cm³/mol. The number of carbonyl (C=O) groups is 2. The Balaban J connectivity index is 1.58. The number of carbonyl (C=O) groups excluding carboxylic acids is 2. The van der Waals surface area contributed by atoms with E-state index < -0.39 is 11.6 Å². The van der Waals surface area contributed by atoms with Crippen LogP contribution in [0.25, 0.3) is 5.69 Å². The standard InChI is InChI=1S/C25H25F2N3O3/c1-15-20(10-11-24(31)33-3)16(2)30(28-15)19-8-6-17(7-9-19)25(32)29-12-4-5-21-22(27)13-18(26)14-23(21)29/h6-9,13-14H,4-5,10-12H2,1-3H3. The van der Waals surface area contributed by atoms with E-state index in [0.717, 1.165) is 28.7 Å². The largest absolute Gasteiger partial charge is 0.469 e. The highest BCUT2D eigenvalue weighted by atomic mass is 19.1. The van der Waals surface area contributed by atoms with E-state index in [9.17, 15) is 18.4 Å². The molecule has 1 aliphatic heterocycles. The maximum Gasteiger partial charge on any atom is 0.305 e. The number of aryl methyl sites for hydroxylation is 1. The molecule has 33 heavy (non-hydrogen) atoms. The molecule has 2 heterocycles. The molecule has 2 aromatic carbocycles. The number of benzene rings is 2. The minimum atomic E-state index is -0.700. The summed E-state index contributed by atoms with van der Waals surface area (Å²) >= 11 is 0. The number of nitrogens with zero attached hydrogens (tertiary/aromatic N) is 3. The number of aromatic nitrogens is 2. The highest BCUT2D eigenvalue weighted by Gasteiger charge is 2.26. The number of anilines is 1. The normalized spacial score (nSPS) is 13.1. The van der Waals surface area contributed by atoms with Crippen LogP contribution in [0.4, 0.5) is 14.5 Å². The van der Waals surface area contributed by atoms with Crippen molar-refractivity contribution >= 4 is 17.6 Å². The Labute approximate surface area is 190 Å². The molecule has 0 unspecified atom stereocenters. The summed E-state index contributed by atoms with van der Waals surface area (Å²) in [6.07, 6.45) is 1.89. The van der Waals surface area contributed by atoms with Gasteiger partial charge in [-0.05, 0) is 69.0 Å². The van der Waals surface area contributed by atoms with Gasteiger partial charge in [0.1, 0.15) is 11.6 Å². The maximum atomic E-state index is 14.2. The molecule has 1 aliphatic rings. The fourth-order valence-corrected chi connectivity index (χ4v) is 4.34. The van der Waals surface area contributed by atoms with Crippen molar-refractivity contribution in [1.82, 2.24) is 9.78 Å². The van der Waals surface area contributed by atoms with Gasteiger partial charge in [0, 0.05) is 35.9 Å². The first-order valence-electron chi connectivity index (χ1n) is 10.8. The quantitative estimate of drug-likeness (QED) is 0.535. The summed E-state index contributed by atoms with van der Waals surface area (Å²) < 4.78 is 34.5. The summed E-state index contributed by atoms with van der Waals surface area (Å²) in [6, 6.07) is 9.02. The highest BCUT2D eigenvalue weighted by Crippen LogP contribution is 2.31. The molecule has 0 saturated carbocycles. The van der Waals surface area contributed by atoms with Crippen LogP contribution in [-0.4, -0.2) is 35.3 Å². The lowest BCUT2D eigenvalue weighted by Gasteiger charge is -2.30. The van der Waals surface area contributed by atoms with Gasteiger partial charge >= 0.3 is 5.97 Å². The van der Waals surface area contributed by atoms with Gasteiger partial charge in [0.25, 0.3) is 5.91 Å². The van der Waals surface area contributed by atoms with Crippen LogP contribution in [0.5, 0.6) is 0 Å². The lowest BCUT2D eigenvalue weighted by Crippen LogP contribution is -2.36. The summed E-state index contributed by atoms with van der Waals surface area (Å²) in [6.45, 7) is 4.22. The van der Waals surface area contributed by atoms with E-state index in [0.29, 0.717) is 42.6 Å². The summed E-state index contributed by atoms with van der Waals surface area (Å²) in [5.41, 5.74) is 4.57. The molecule has 0 bridgehead atoms. The topological polar surface area (TPSA) is 64.4 Å². The van der Waals surface area contributed by atoms with E-state index in [1.165, 1.54) is 18.1 Å². The molecule has 0 radical (unpaired) electrons. The smallest absolute Gasteiger partial charge is 0.305 e. The SMILES string of the molecule is COC(=O)CCc1c(C)nn(-c2ccc(C(=O)N3CCCc4c(F)cc(F)cc43)cc2)c1C. The molecule has 4 rings (SSSR count). The first kappa shape index (κ1) is 22.6. The van der Waals surface area contributed by atoms with Crippen LogP contribution in [0.1, 0.15) is 45.7 Å².